The third-order valence-electron chi connectivity index (χ3n) is 5.55. The van der Waals surface area contributed by atoms with Gasteiger partial charge in [0.1, 0.15) is 0 Å². The fourth-order valence-corrected chi connectivity index (χ4v) is 4.60. The van der Waals surface area contributed by atoms with Crippen LogP contribution in [0.3, 0.4) is 0 Å². The number of carboxylic acids is 1. The molecule has 1 N–H and O–H groups in total. The molecule has 29 heavy (non-hydrogen) atoms. The molecule has 3 fully saturated rings. The van der Waals surface area contributed by atoms with E-state index in [0.717, 1.165) is 59.0 Å². The third-order valence-corrected chi connectivity index (χ3v) is 6.28. The van der Waals surface area contributed by atoms with E-state index in [9.17, 15) is 13.2 Å². The molecule has 0 radical (unpaired) electrons. The Morgan fingerprint density at radius 2 is 2.00 bits per heavy atom. The first-order valence-electron chi connectivity index (χ1n) is 9.67. The van der Waals surface area contributed by atoms with E-state index in [-0.39, 0.29) is 0 Å². The molecule has 3 atom stereocenters. The number of ether oxygens (including phenoxy) is 3. The van der Waals surface area contributed by atoms with Crippen LogP contribution in [0.25, 0.3) is 0 Å². The van der Waals surface area contributed by atoms with E-state index in [4.69, 9.17) is 24.1 Å². The highest BCUT2D eigenvalue weighted by molar-refractivity contribution is 7.07. The average molecular weight is 437 g/mol. The number of hydrogen-bond acceptors (Lipinski definition) is 6. The number of fused-ring (bicyclic) bond motifs is 1. The minimum atomic E-state index is -5.08. The second kappa shape index (κ2) is 10.2. The molecule has 0 bridgehead atoms. The summed E-state index contributed by atoms with van der Waals surface area (Å²) in [5.74, 6) is -1.52. The van der Waals surface area contributed by atoms with Crippen LogP contribution in [0, 0.1) is 11.8 Å². The lowest BCUT2D eigenvalue weighted by atomic mass is 10.00. The highest BCUT2D eigenvalue weighted by atomic mass is 32.1. The number of nitrogens with zero attached hydrogens (tertiary/aromatic N) is 1. The Labute approximate surface area is 171 Å². The molecule has 0 unspecified atom stereocenters. The molecule has 1 aromatic heterocycles. The van der Waals surface area contributed by atoms with E-state index in [0.29, 0.717) is 24.0 Å². The maximum atomic E-state index is 10.6. The fraction of sp³-hybridized carbons (Fsp3) is 0.737. The molecule has 164 valence electrons. The van der Waals surface area contributed by atoms with Crippen LogP contribution in [0.1, 0.15) is 18.4 Å². The van der Waals surface area contributed by atoms with E-state index < -0.39 is 12.1 Å². The topological polar surface area (TPSA) is 68.2 Å². The van der Waals surface area contributed by atoms with Crippen molar-refractivity contribution in [3.05, 3.63) is 22.4 Å². The Morgan fingerprint density at radius 3 is 2.62 bits per heavy atom. The zero-order chi connectivity index (χ0) is 20.9. The molecule has 1 aromatic rings. The molecule has 6 nitrogen and oxygen atoms in total. The highest BCUT2D eigenvalue weighted by Crippen LogP contribution is 2.34. The number of carboxylic acid groups (broad SMARTS) is 1. The minimum Gasteiger partial charge on any atom is -0.475 e. The van der Waals surface area contributed by atoms with Gasteiger partial charge in [0, 0.05) is 38.3 Å². The Kier molecular flexibility index (Phi) is 7.92. The Balaban J connectivity index is 0.000000298. The lowest BCUT2D eigenvalue weighted by Gasteiger charge is -2.25. The van der Waals surface area contributed by atoms with E-state index in [2.05, 4.69) is 21.7 Å². The standard InChI is InChI=1S/C17H25NO3S.C2HF3O2/c1-4-19-5-2-13(1)9-21-17-8-18(7-14-3-6-22-12-14)16-11-20-10-15(16)17;3-2(4,5)1(6)7/h3,6,12-13,15-17H,1-2,4-5,7-11H2;(H,6,7)/t15-,16+,17-;/m0./s1. The first-order valence-corrected chi connectivity index (χ1v) is 10.6. The Hall–Kier alpha value is -1.20. The minimum absolute atomic E-state index is 0.342. The maximum absolute atomic E-state index is 10.6. The number of carbonyl (C=O) groups is 1. The van der Waals surface area contributed by atoms with Gasteiger partial charge in [-0.05, 0) is 41.1 Å². The molecule has 4 rings (SSSR count). The van der Waals surface area contributed by atoms with E-state index in [1.165, 1.54) is 5.56 Å². The van der Waals surface area contributed by atoms with E-state index in [1.807, 2.05) is 0 Å². The molecular formula is C19H26F3NO5S. The number of hydrogen-bond donors (Lipinski definition) is 1. The van der Waals surface area contributed by atoms with Crippen molar-refractivity contribution in [3.63, 3.8) is 0 Å². The summed E-state index contributed by atoms with van der Waals surface area (Å²) in [6.07, 6.45) is -2.44. The van der Waals surface area contributed by atoms with Gasteiger partial charge < -0.3 is 19.3 Å². The van der Waals surface area contributed by atoms with Crippen LogP contribution < -0.4 is 0 Å². The van der Waals surface area contributed by atoms with E-state index in [1.54, 1.807) is 11.3 Å². The number of alkyl halides is 3. The molecule has 3 aliphatic rings. The van der Waals surface area contributed by atoms with Gasteiger partial charge in [-0.1, -0.05) is 0 Å². The monoisotopic (exact) mass is 437 g/mol. The summed E-state index contributed by atoms with van der Waals surface area (Å²) in [7, 11) is 0. The summed E-state index contributed by atoms with van der Waals surface area (Å²) in [5, 5.41) is 11.5. The van der Waals surface area contributed by atoms with Gasteiger partial charge in [0.25, 0.3) is 0 Å². The number of likely N-dealkylation sites (tertiary alicyclic amines) is 1. The predicted octanol–water partition coefficient (Wildman–Crippen LogP) is 3.02. The van der Waals surface area contributed by atoms with Crippen LogP contribution in [0.5, 0.6) is 0 Å². The van der Waals surface area contributed by atoms with Crippen molar-refractivity contribution in [1.29, 1.82) is 0 Å². The molecule has 3 aliphatic heterocycles. The zero-order valence-corrected chi connectivity index (χ0v) is 16.8. The summed E-state index contributed by atoms with van der Waals surface area (Å²) >= 11 is 1.78. The van der Waals surface area contributed by atoms with Crippen molar-refractivity contribution in [3.8, 4) is 0 Å². The van der Waals surface area contributed by atoms with Crippen LogP contribution in [-0.2, 0) is 25.5 Å². The second-order valence-electron chi connectivity index (χ2n) is 7.56. The normalized spacial score (nSPS) is 28.0. The molecule has 0 amide bonds. The average Bonchev–Trinajstić information content (AvgIpc) is 3.41. The summed E-state index contributed by atoms with van der Waals surface area (Å²) in [6.45, 7) is 6.51. The quantitative estimate of drug-likeness (QED) is 0.764. The molecule has 10 heteroatoms. The molecule has 0 aliphatic carbocycles. The summed E-state index contributed by atoms with van der Waals surface area (Å²) < 4.78 is 49.2. The predicted molar refractivity (Wildman–Crippen MR) is 99.8 cm³/mol. The van der Waals surface area contributed by atoms with Crippen LogP contribution in [0.15, 0.2) is 16.8 Å². The van der Waals surface area contributed by atoms with Gasteiger partial charge in [-0.2, -0.15) is 24.5 Å². The molecule has 3 saturated heterocycles. The van der Waals surface area contributed by atoms with Gasteiger partial charge >= 0.3 is 12.1 Å². The zero-order valence-electron chi connectivity index (χ0n) is 16.0. The highest BCUT2D eigenvalue weighted by Gasteiger charge is 2.46. The molecule has 0 spiro atoms. The van der Waals surface area contributed by atoms with Crippen molar-refractivity contribution in [1.82, 2.24) is 4.90 Å². The summed E-state index contributed by atoms with van der Waals surface area (Å²) in [5.41, 5.74) is 1.42. The van der Waals surface area contributed by atoms with Crippen molar-refractivity contribution in [2.45, 2.75) is 37.7 Å². The summed E-state index contributed by atoms with van der Waals surface area (Å²) in [4.78, 5) is 11.5. The van der Waals surface area contributed by atoms with Gasteiger partial charge in [-0.15, -0.1) is 0 Å². The van der Waals surface area contributed by atoms with Gasteiger partial charge in [-0.3, -0.25) is 4.90 Å². The molecule has 4 heterocycles. The van der Waals surface area contributed by atoms with Crippen molar-refractivity contribution >= 4 is 17.3 Å². The first-order chi connectivity index (χ1) is 13.8. The van der Waals surface area contributed by atoms with Crippen LogP contribution in [0.2, 0.25) is 0 Å². The smallest absolute Gasteiger partial charge is 0.475 e. The molecule has 0 aromatic carbocycles. The second-order valence-corrected chi connectivity index (χ2v) is 8.34. The molecule has 0 saturated carbocycles. The van der Waals surface area contributed by atoms with Gasteiger partial charge in [0.15, 0.2) is 0 Å². The van der Waals surface area contributed by atoms with Gasteiger partial charge in [0.2, 0.25) is 0 Å². The van der Waals surface area contributed by atoms with E-state index >= 15 is 0 Å². The molecular weight excluding hydrogens is 411 g/mol. The Bertz CT molecular complexity index is 636. The van der Waals surface area contributed by atoms with Crippen molar-refractivity contribution in [2.24, 2.45) is 11.8 Å². The number of halogens is 3. The van der Waals surface area contributed by atoms with Crippen molar-refractivity contribution < 1.29 is 37.3 Å². The SMILES string of the molecule is O=C(O)C(F)(F)F.c1cc(CN2C[C@H](OCC3CCOCC3)[C@H]3COC[C@H]32)cs1. The lowest BCUT2D eigenvalue weighted by molar-refractivity contribution is -0.192. The third kappa shape index (κ3) is 6.39. The largest absolute Gasteiger partial charge is 0.490 e. The number of rotatable bonds is 5. The summed E-state index contributed by atoms with van der Waals surface area (Å²) in [6, 6.07) is 2.77. The van der Waals surface area contributed by atoms with Crippen LogP contribution in [0.4, 0.5) is 13.2 Å². The maximum Gasteiger partial charge on any atom is 0.490 e. The van der Waals surface area contributed by atoms with Crippen molar-refractivity contribution in [2.75, 3.05) is 39.6 Å². The van der Waals surface area contributed by atoms with Gasteiger partial charge in [0.05, 0.1) is 25.9 Å². The van der Waals surface area contributed by atoms with Gasteiger partial charge in [-0.25, -0.2) is 4.79 Å². The fourth-order valence-electron chi connectivity index (χ4n) is 3.94. The first kappa shape index (κ1) is 22.5. The Morgan fingerprint density at radius 1 is 1.28 bits per heavy atom. The van der Waals surface area contributed by atoms with Crippen LogP contribution in [-0.4, -0.2) is 73.9 Å². The number of thiophene rings is 1. The number of aliphatic carboxylic acids is 1. The van der Waals surface area contributed by atoms with Crippen LogP contribution >= 0.6 is 11.3 Å². The lowest BCUT2D eigenvalue weighted by Crippen LogP contribution is -2.32.